The summed E-state index contributed by atoms with van der Waals surface area (Å²) in [5.41, 5.74) is 0.761. The molecule has 1 heterocycles. The molecule has 0 radical (unpaired) electrons. The molecule has 1 aromatic carbocycles. The summed E-state index contributed by atoms with van der Waals surface area (Å²) in [4.78, 5) is 11.8. The van der Waals surface area contributed by atoms with Gasteiger partial charge in [-0.1, -0.05) is 33.1 Å². The smallest absolute Gasteiger partial charge is 0.337 e. The van der Waals surface area contributed by atoms with Gasteiger partial charge in [-0.15, -0.1) is 0 Å². The molecule has 0 aliphatic carbocycles. The van der Waals surface area contributed by atoms with Crippen molar-refractivity contribution in [2.45, 2.75) is 76.8 Å². The molecule has 158 valence electrons. The first kappa shape index (κ1) is 22.7. The van der Waals surface area contributed by atoms with Crippen LogP contribution in [0.25, 0.3) is 0 Å². The van der Waals surface area contributed by atoms with Crippen molar-refractivity contribution in [1.82, 2.24) is 5.32 Å². The number of hydrogen-bond donors (Lipinski definition) is 1. The van der Waals surface area contributed by atoms with Crippen molar-refractivity contribution in [3.63, 3.8) is 0 Å². The van der Waals surface area contributed by atoms with E-state index in [4.69, 9.17) is 9.47 Å². The molecule has 0 fully saturated rings. The Labute approximate surface area is 168 Å². The average Bonchev–Trinajstić information content (AvgIpc) is 2.66. The highest BCUT2D eigenvalue weighted by Gasteiger charge is 2.40. The van der Waals surface area contributed by atoms with Crippen LogP contribution >= 0.6 is 0 Å². The maximum atomic E-state index is 12.6. The summed E-state index contributed by atoms with van der Waals surface area (Å²) < 4.78 is 36.2. The summed E-state index contributed by atoms with van der Waals surface area (Å²) in [6, 6.07) is 5.04. The van der Waals surface area contributed by atoms with Gasteiger partial charge in [-0.05, 0) is 50.5 Å². The van der Waals surface area contributed by atoms with Gasteiger partial charge < -0.3 is 9.47 Å². The molecule has 0 bridgehead atoms. The number of sulfone groups is 1. The average molecular weight is 412 g/mol. The van der Waals surface area contributed by atoms with Gasteiger partial charge in [-0.25, -0.2) is 13.2 Å². The van der Waals surface area contributed by atoms with Crippen LogP contribution in [0.15, 0.2) is 18.2 Å². The number of ether oxygens (including phenoxy) is 2. The molecular weight excluding hydrogens is 378 g/mol. The largest absolute Gasteiger partial charge is 0.486 e. The number of carbonyl (C=O) groups is 1. The van der Waals surface area contributed by atoms with Crippen LogP contribution in [0.4, 0.5) is 0 Å². The third-order valence-electron chi connectivity index (χ3n) is 5.41. The van der Waals surface area contributed by atoms with Crippen molar-refractivity contribution in [2.24, 2.45) is 0 Å². The van der Waals surface area contributed by atoms with Crippen LogP contribution in [0.1, 0.15) is 69.3 Å². The van der Waals surface area contributed by atoms with E-state index in [-0.39, 0.29) is 11.8 Å². The number of unbranched alkanes of at least 4 members (excludes halogenated alkanes) is 2. The normalized spacial score (nSPS) is 19.4. The number of hydrogen-bond acceptors (Lipinski definition) is 6. The molecule has 7 heteroatoms. The van der Waals surface area contributed by atoms with Gasteiger partial charge in [-0.3, -0.25) is 5.32 Å². The van der Waals surface area contributed by atoms with Gasteiger partial charge in [0.15, 0.2) is 9.84 Å². The molecule has 6 nitrogen and oxygen atoms in total. The molecule has 0 saturated carbocycles. The lowest BCUT2D eigenvalue weighted by Gasteiger charge is -2.42. The van der Waals surface area contributed by atoms with E-state index in [1.807, 2.05) is 13.8 Å². The lowest BCUT2D eigenvalue weighted by Crippen LogP contribution is -2.58. The first-order valence-electron chi connectivity index (χ1n) is 10.0. The third kappa shape index (κ3) is 5.26. The van der Waals surface area contributed by atoms with Crippen LogP contribution in [0.3, 0.4) is 0 Å². The van der Waals surface area contributed by atoms with E-state index in [9.17, 15) is 13.2 Å². The SMILES string of the molecule is CCCCCC(NC1Cc2cc(C(=O)OC)ccc2OC1(C)C)S(=O)(=O)CC. The lowest BCUT2D eigenvalue weighted by atomic mass is 9.88. The second kappa shape index (κ2) is 9.27. The molecule has 2 unspecified atom stereocenters. The van der Waals surface area contributed by atoms with Gasteiger partial charge in [0.1, 0.15) is 16.7 Å². The standard InChI is InChI=1S/C21H33NO5S/c1-6-8-9-10-19(28(24,25)7-2)22-18-14-16-13-15(20(23)26-5)11-12-17(16)27-21(18,3)4/h11-13,18-19,22H,6-10,14H2,1-5H3. The van der Waals surface area contributed by atoms with Crippen molar-refractivity contribution in [3.8, 4) is 5.75 Å². The highest BCUT2D eigenvalue weighted by Crippen LogP contribution is 2.34. The highest BCUT2D eigenvalue weighted by molar-refractivity contribution is 7.91. The fourth-order valence-electron chi connectivity index (χ4n) is 3.54. The van der Waals surface area contributed by atoms with Crippen LogP contribution < -0.4 is 10.1 Å². The molecule has 0 spiro atoms. The summed E-state index contributed by atoms with van der Waals surface area (Å²) in [7, 11) is -1.88. The first-order chi connectivity index (χ1) is 13.1. The van der Waals surface area contributed by atoms with Crippen LogP contribution in [-0.2, 0) is 21.0 Å². The molecule has 0 aromatic heterocycles. The number of fused-ring (bicyclic) bond motifs is 1. The summed E-state index contributed by atoms with van der Waals surface area (Å²) >= 11 is 0. The summed E-state index contributed by atoms with van der Waals surface area (Å²) in [6.07, 6.45) is 4.08. The Kier molecular flexibility index (Phi) is 7.51. The lowest BCUT2D eigenvalue weighted by molar-refractivity contribution is 0.0462. The maximum Gasteiger partial charge on any atom is 0.337 e. The maximum absolute atomic E-state index is 12.6. The Bertz CT molecular complexity index is 788. The van der Waals surface area contributed by atoms with Crippen molar-refractivity contribution in [3.05, 3.63) is 29.3 Å². The fraction of sp³-hybridized carbons (Fsp3) is 0.667. The zero-order valence-corrected chi connectivity index (χ0v) is 18.4. The first-order valence-corrected chi connectivity index (χ1v) is 11.7. The molecule has 1 N–H and O–H groups in total. The predicted octanol–water partition coefficient (Wildman–Crippen LogP) is 3.49. The van der Waals surface area contributed by atoms with E-state index in [1.165, 1.54) is 7.11 Å². The van der Waals surface area contributed by atoms with E-state index in [1.54, 1.807) is 25.1 Å². The molecule has 28 heavy (non-hydrogen) atoms. The molecule has 1 aliphatic heterocycles. The van der Waals surface area contributed by atoms with E-state index >= 15 is 0 Å². The second-order valence-corrected chi connectivity index (χ2v) is 10.4. The zero-order valence-electron chi connectivity index (χ0n) is 17.6. The van der Waals surface area contributed by atoms with E-state index in [0.29, 0.717) is 18.4 Å². The Morgan fingerprint density at radius 1 is 1.32 bits per heavy atom. The van der Waals surface area contributed by atoms with Crippen LogP contribution in [0, 0.1) is 0 Å². The topological polar surface area (TPSA) is 81.7 Å². The van der Waals surface area contributed by atoms with Gasteiger partial charge in [0.05, 0.1) is 18.7 Å². The van der Waals surface area contributed by atoms with Crippen molar-refractivity contribution in [1.29, 1.82) is 0 Å². The Balaban J connectivity index is 2.27. The van der Waals surface area contributed by atoms with Crippen LogP contribution in [0.5, 0.6) is 5.75 Å². The molecule has 0 saturated heterocycles. The quantitative estimate of drug-likeness (QED) is 0.495. The Hall–Kier alpha value is -1.60. The van der Waals surface area contributed by atoms with E-state index < -0.39 is 26.8 Å². The van der Waals surface area contributed by atoms with E-state index in [0.717, 1.165) is 30.6 Å². The minimum absolute atomic E-state index is 0.105. The number of carbonyl (C=O) groups excluding carboxylic acids is 1. The van der Waals surface area contributed by atoms with Crippen molar-refractivity contribution < 1.29 is 22.7 Å². The molecule has 2 rings (SSSR count). The van der Waals surface area contributed by atoms with Crippen molar-refractivity contribution in [2.75, 3.05) is 12.9 Å². The number of esters is 1. The number of benzene rings is 1. The van der Waals surface area contributed by atoms with Gasteiger partial charge in [0.2, 0.25) is 0 Å². The minimum Gasteiger partial charge on any atom is -0.486 e. The highest BCUT2D eigenvalue weighted by atomic mass is 32.2. The number of rotatable bonds is 9. The van der Waals surface area contributed by atoms with Crippen molar-refractivity contribution >= 4 is 15.8 Å². The second-order valence-electron chi connectivity index (χ2n) is 7.88. The summed E-state index contributed by atoms with van der Waals surface area (Å²) in [5, 5.41) is 2.78. The molecule has 0 amide bonds. The third-order valence-corrected chi connectivity index (χ3v) is 7.45. The summed E-state index contributed by atoms with van der Waals surface area (Å²) in [6.45, 7) is 7.71. The van der Waals surface area contributed by atoms with Crippen LogP contribution in [0.2, 0.25) is 0 Å². The van der Waals surface area contributed by atoms with Crippen LogP contribution in [-0.4, -0.2) is 44.3 Å². The molecule has 1 aromatic rings. The van der Waals surface area contributed by atoms with Gasteiger partial charge >= 0.3 is 5.97 Å². The van der Waals surface area contributed by atoms with Gasteiger partial charge in [0, 0.05) is 5.75 Å². The fourth-order valence-corrected chi connectivity index (χ4v) is 4.83. The Morgan fingerprint density at radius 2 is 2.04 bits per heavy atom. The van der Waals surface area contributed by atoms with Gasteiger partial charge in [0.25, 0.3) is 0 Å². The van der Waals surface area contributed by atoms with Gasteiger partial charge in [-0.2, -0.15) is 0 Å². The summed E-state index contributed by atoms with van der Waals surface area (Å²) in [5.74, 6) is 0.424. The van der Waals surface area contributed by atoms with E-state index in [2.05, 4.69) is 12.2 Å². The monoisotopic (exact) mass is 411 g/mol. The molecule has 1 aliphatic rings. The minimum atomic E-state index is -3.23. The molecule has 2 atom stereocenters. The zero-order chi connectivity index (χ0) is 20.9. The number of methoxy groups -OCH3 is 1. The molecular formula is C21H33NO5S. The number of nitrogens with one attached hydrogen (secondary N) is 1. The Morgan fingerprint density at radius 3 is 2.64 bits per heavy atom. The predicted molar refractivity (Wildman–Crippen MR) is 111 cm³/mol.